The van der Waals surface area contributed by atoms with Crippen LogP contribution in [0.25, 0.3) is 0 Å². The standard InChI is InChI=1S/C18H25NO3S/c1-18(16-6-3-2-4-7-16)10-5-11-19(14-18)17(20)15-8-12-23(21,22)13-9-15/h2-4,6-7,15H,5,8-14H2,1H3/t18-/m0/s1. The molecule has 0 aromatic heterocycles. The number of rotatable bonds is 2. The Morgan fingerprint density at radius 2 is 1.83 bits per heavy atom. The molecule has 0 N–H and O–H groups in total. The summed E-state index contributed by atoms with van der Waals surface area (Å²) in [5, 5.41) is 0. The summed E-state index contributed by atoms with van der Waals surface area (Å²) in [4.78, 5) is 14.8. The average Bonchev–Trinajstić information content (AvgIpc) is 2.55. The van der Waals surface area contributed by atoms with Crippen LogP contribution in [0.15, 0.2) is 30.3 Å². The molecule has 0 bridgehead atoms. The summed E-state index contributed by atoms with van der Waals surface area (Å²) in [6, 6.07) is 10.4. The molecule has 3 rings (SSSR count). The maximum absolute atomic E-state index is 12.8. The lowest BCUT2D eigenvalue weighted by Gasteiger charge is -2.42. The van der Waals surface area contributed by atoms with Gasteiger partial charge in [-0.1, -0.05) is 37.3 Å². The highest BCUT2D eigenvalue weighted by Gasteiger charge is 2.38. The van der Waals surface area contributed by atoms with E-state index in [-0.39, 0.29) is 28.7 Å². The molecule has 23 heavy (non-hydrogen) atoms. The topological polar surface area (TPSA) is 54.5 Å². The fraction of sp³-hybridized carbons (Fsp3) is 0.611. The van der Waals surface area contributed by atoms with Crippen LogP contribution in [0, 0.1) is 5.92 Å². The number of amides is 1. The van der Waals surface area contributed by atoms with E-state index in [1.54, 1.807) is 0 Å². The molecule has 1 atom stereocenters. The molecule has 5 heteroatoms. The highest BCUT2D eigenvalue weighted by Crippen LogP contribution is 2.34. The maximum atomic E-state index is 12.8. The first kappa shape index (κ1) is 16.5. The van der Waals surface area contributed by atoms with Gasteiger partial charge in [0.2, 0.25) is 5.91 Å². The molecule has 0 saturated carbocycles. The number of benzene rings is 1. The Labute approximate surface area is 138 Å². The Hall–Kier alpha value is -1.36. The zero-order valence-electron chi connectivity index (χ0n) is 13.7. The Kier molecular flexibility index (Phi) is 4.50. The smallest absolute Gasteiger partial charge is 0.225 e. The molecule has 1 amide bonds. The number of hydrogen-bond donors (Lipinski definition) is 0. The zero-order valence-corrected chi connectivity index (χ0v) is 14.5. The summed E-state index contributed by atoms with van der Waals surface area (Å²) in [6.45, 7) is 3.76. The summed E-state index contributed by atoms with van der Waals surface area (Å²) >= 11 is 0. The molecule has 126 valence electrons. The minimum atomic E-state index is -2.92. The van der Waals surface area contributed by atoms with Crippen molar-refractivity contribution in [1.29, 1.82) is 0 Å². The average molecular weight is 335 g/mol. The largest absolute Gasteiger partial charge is 0.342 e. The number of likely N-dealkylation sites (tertiary alicyclic amines) is 1. The molecule has 0 radical (unpaired) electrons. The quantitative estimate of drug-likeness (QED) is 0.834. The van der Waals surface area contributed by atoms with E-state index in [2.05, 4.69) is 19.1 Å². The fourth-order valence-corrected chi connectivity index (χ4v) is 5.39. The minimum absolute atomic E-state index is 0.00405. The first-order valence-electron chi connectivity index (χ1n) is 8.44. The Bertz CT molecular complexity index is 657. The van der Waals surface area contributed by atoms with Crippen LogP contribution < -0.4 is 0 Å². The summed E-state index contributed by atoms with van der Waals surface area (Å²) in [5.41, 5.74) is 1.28. The number of sulfone groups is 1. The van der Waals surface area contributed by atoms with Crippen LogP contribution in [-0.4, -0.2) is 43.8 Å². The first-order chi connectivity index (χ1) is 10.9. The Morgan fingerprint density at radius 3 is 2.48 bits per heavy atom. The van der Waals surface area contributed by atoms with E-state index >= 15 is 0 Å². The van der Waals surface area contributed by atoms with Gasteiger partial charge < -0.3 is 4.90 Å². The Balaban J connectivity index is 1.70. The van der Waals surface area contributed by atoms with Crippen molar-refractivity contribution in [3.63, 3.8) is 0 Å². The maximum Gasteiger partial charge on any atom is 0.225 e. The zero-order chi connectivity index (χ0) is 16.5. The second-order valence-corrected chi connectivity index (χ2v) is 9.52. The van der Waals surface area contributed by atoms with Gasteiger partial charge in [-0.15, -0.1) is 0 Å². The van der Waals surface area contributed by atoms with Crippen molar-refractivity contribution < 1.29 is 13.2 Å². The molecule has 2 aliphatic heterocycles. The van der Waals surface area contributed by atoms with Gasteiger partial charge in [0.25, 0.3) is 0 Å². The predicted molar refractivity (Wildman–Crippen MR) is 91.0 cm³/mol. The summed E-state index contributed by atoms with van der Waals surface area (Å²) in [7, 11) is -2.92. The third kappa shape index (κ3) is 3.60. The second kappa shape index (κ2) is 6.27. The SMILES string of the molecule is C[C@]1(c2ccccc2)CCCN(C(=O)C2CCS(=O)(=O)CC2)C1. The van der Waals surface area contributed by atoms with Crippen LogP contribution in [-0.2, 0) is 20.0 Å². The monoisotopic (exact) mass is 335 g/mol. The first-order valence-corrected chi connectivity index (χ1v) is 10.3. The van der Waals surface area contributed by atoms with Gasteiger partial charge in [0.1, 0.15) is 9.84 Å². The number of carbonyl (C=O) groups excluding carboxylic acids is 1. The van der Waals surface area contributed by atoms with E-state index in [1.165, 1.54) is 5.56 Å². The number of carbonyl (C=O) groups is 1. The van der Waals surface area contributed by atoms with Crippen LogP contribution in [0.2, 0.25) is 0 Å². The van der Waals surface area contributed by atoms with Crippen molar-refractivity contribution in [2.75, 3.05) is 24.6 Å². The van der Waals surface area contributed by atoms with Crippen LogP contribution in [0.5, 0.6) is 0 Å². The van der Waals surface area contributed by atoms with E-state index in [0.29, 0.717) is 12.8 Å². The van der Waals surface area contributed by atoms with Gasteiger partial charge in [-0.05, 0) is 31.2 Å². The predicted octanol–water partition coefficient (Wildman–Crippen LogP) is 2.39. The van der Waals surface area contributed by atoms with Crippen molar-refractivity contribution in [1.82, 2.24) is 4.90 Å². The molecule has 1 aromatic carbocycles. The normalized spacial score (nSPS) is 28.5. The van der Waals surface area contributed by atoms with Crippen molar-refractivity contribution >= 4 is 15.7 Å². The van der Waals surface area contributed by atoms with Gasteiger partial charge >= 0.3 is 0 Å². The number of hydrogen-bond acceptors (Lipinski definition) is 3. The third-order valence-electron chi connectivity index (χ3n) is 5.38. The molecular formula is C18H25NO3S. The molecule has 0 unspecified atom stereocenters. The van der Waals surface area contributed by atoms with Crippen LogP contribution >= 0.6 is 0 Å². The van der Waals surface area contributed by atoms with E-state index in [9.17, 15) is 13.2 Å². The van der Waals surface area contributed by atoms with Crippen molar-refractivity contribution in [2.24, 2.45) is 5.92 Å². The number of piperidine rings is 1. The molecule has 4 nitrogen and oxygen atoms in total. The highest BCUT2D eigenvalue weighted by molar-refractivity contribution is 7.91. The minimum Gasteiger partial charge on any atom is -0.342 e. The lowest BCUT2D eigenvalue weighted by molar-refractivity contribution is -0.138. The molecular weight excluding hydrogens is 310 g/mol. The van der Waals surface area contributed by atoms with Crippen LogP contribution in [0.4, 0.5) is 0 Å². The molecule has 2 saturated heterocycles. The van der Waals surface area contributed by atoms with E-state index < -0.39 is 9.84 Å². The van der Waals surface area contributed by atoms with Crippen LogP contribution in [0.3, 0.4) is 0 Å². The van der Waals surface area contributed by atoms with E-state index in [4.69, 9.17) is 0 Å². The summed E-state index contributed by atoms with van der Waals surface area (Å²) in [6.07, 6.45) is 3.06. The lowest BCUT2D eigenvalue weighted by atomic mass is 9.75. The van der Waals surface area contributed by atoms with Crippen LogP contribution in [0.1, 0.15) is 38.2 Å². The molecule has 1 aromatic rings. The van der Waals surface area contributed by atoms with Gasteiger partial charge in [0, 0.05) is 24.4 Å². The molecule has 0 aliphatic carbocycles. The van der Waals surface area contributed by atoms with E-state index in [1.807, 2.05) is 23.1 Å². The van der Waals surface area contributed by atoms with Crippen molar-refractivity contribution in [2.45, 2.75) is 38.0 Å². The molecule has 2 aliphatic rings. The second-order valence-electron chi connectivity index (χ2n) is 7.22. The third-order valence-corrected chi connectivity index (χ3v) is 7.10. The van der Waals surface area contributed by atoms with Gasteiger partial charge in [-0.25, -0.2) is 8.42 Å². The van der Waals surface area contributed by atoms with Gasteiger partial charge in [0.15, 0.2) is 0 Å². The fourth-order valence-electron chi connectivity index (χ4n) is 3.90. The Morgan fingerprint density at radius 1 is 1.17 bits per heavy atom. The number of nitrogens with zero attached hydrogens (tertiary/aromatic N) is 1. The molecule has 2 fully saturated rings. The molecule has 0 spiro atoms. The molecule has 2 heterocycles. The van der Waals surface area contributed by atoms with Gasteiger partial charge in [-0.2, -0.15) is 0 Å². The summed E-state index contributed by atoms with van der Waals surface area (Å²) < 4.78 is 23.1. The van der Waals surface area contributed by atoms with E-state index in [0.717, 1.165) is 25.9 Å². The summed E-state index contributed by atoms with van der Waals surface area (Å²) in [5.74, 6) is 0.360. The van der Waals surface area contributed by atoms with Gasteiger partial charge in [0.05, 0.1) is 11.5 Å². The lowest BCUT2D eigenvalue weighted by Crippen LogP contribution is -2.49. The van der Waals surface area contributed by atoms with Gasteiger partial charge in [-0.3, -0.25) is 4.79 Å². The van der Waals surface area contributed by atoms with Crippen molar-refractivity contribution in [3.8, 4) is 0 Å². The highest BCUT2D eigenvalue weighted by atomic mass is 32.2. The van der Waals surface area contributed by atoms with Crippen molar-refractivity contribution in [3.05, 3.63) is 35.9 Å².